The van der Waals surface area contributed by atoms with E-state index in [9.17, 15) is 4.79 Å². The van der Waals surface area contributed by atoms with Crippen molar-refractivity contribution in [2.24, 2.45) is 14.1 Å². The van der Waals surface area contributed by atoms with Gasteiger partial charge < -0.3 is 5.32 Å². The van der Waals surface area contributed by atoms with Crippen LogP contribution in [0.2, 0.25) is 5.02 Å². The Bertz CT molecular complexity index is 545. The maximum atomic E-state index is 11.8. The summed E-state index contributed by atoms with van der Waals surface area (Å²) in [6, 6.07) is 1.83. The summed E-state index contributed by atoms with van der Waals surface area (Å²) < 4.78 is 3.20. The van der Waals surface area contributed by atoms with Gasteiger partial charge in [0.2, 0.25) is 0 Å². The summed E-state index contributed by atoms with van der Waals surface area (Å²) in [5.74, 6) is -0.295. The normalized spacial score (nSPS) is 10.5. The predicted octanol–water partition coefficient (Wildman–Crippen LogP) is 0.737. The molecule has 0 saturated heterocycles. The first kappa shape index (κ1) is 11.7. The maximum absolute atomic E-state index is 11.8. The van der Waals surface area contributed by atoms with E-state index in [1.165, 1.54) is 4.68 Å². The van der Waals surface area contributed by atoms with Crippen molar-refractivity contribution in [3.8, 4) is 0 Å². The maximum Gasteiger partial charge on any atom is 0.273 e. The Morgan fingerprint density at radius 2 is 2.29 bits per heavy atom. The van der Waals surface area contributed by atoms with Gasteiger partial charge in [0.15, 0.2) is 5.69 Å². The molecule has 0 fully saturated rings. The van der Waals surface area contributed by atoms with Gasteiger partial charge in [0.1, 0.15) is 0 Å². The first-order chi connectivity index (χ1) is 8.08. The zero-order chi connectivity index (χ0) is 12.4. The molecule has 2 rings (SSSR count). The minimum absolute atomic E-state index is 0.233. The van der Waals surface area contributed by atoms with E-state index in [4.69, 9.17) is 11.6 Å². The van der Waals surface area contributed by atoms with Crippen LogP contribution >= 0.6 is 11.6 Å². The molecule has 1 N–H and O–H groups in total. The molecule has 2 aromatic heterocycles. The van der Waals surface area contributed by atoms with Crippen molar-refractivity contribution in [2.75, 3.05) is 0 Å². The molecular weight excluding hydrogens is 242 g/mol. The summed E-state index contributed by atoms with van der Waals surface area (Å²) in [6.45, 7) is 0.391. The van der Waals surface area contributed by atoms with Crippen molar-refractivity contribution in [3.05, 3.63) is 34.9 Å². The Kier molecular flexibility index (Phi) is 3.14. The van der Waals surface area contributed by atoms with E-state index >= 15 is 0 Å². The standard InChI is InChI=1S/C10H12ClN5O/c1-15-6-8(11)9(14-15)10(17)12-5-7-3-4-13-16(7)2/h3-4,6H,5H2,1-2H3,(H,12,17). The van der Waals surface area contributed by atoms with E-state index in [0.29, 0.717) is 11.6 Å². The monoisotopic (exact) mass is 253 g/mol. The Morgan fingerprint density at radius 3 is 2.82 bits per heavy atom. The van der Waals surface area contributed by atoms with Crippen LogP contribution in [-0.2, 0) is 20.6 Å². The molecule has 90 valence electrons. The van der Waals surface area contributed by atoms with Crippen LogP contribution in [0.1, 0.15) is 16.2 Å². The number of nitrogens with zero attached hydrogens (tertiary/aromatic N) is 4. The molecule has 0 aliphatic carbocycles. The molecule has 6 nitrogen and oxygen atoms in total. The molecule has 0 bridgehead atoms. The van der Waals surface area contributed by atoms with Crippen molar-refractivity contribution in [2.45, 2.75) is 6.54 Å². The quantitative estimate of drug-likeness (QED) is 0.877. The summed E-state index contributed by atoms with van der Waals surface area (Å²) in [4.78, 5) is 11.8. The summed E-state index contributed by atoms with van der Waals surface area (Å²) >= 11 is 5.87. The highest BCUT2D eigenvalue weighted by Crippen LogP contribution is 2.12. The first-order valence-corrected chi connectivity index (χ1v) is 5.40. The lowest BCUT2D eigenvalue weighted by Gasteiger charge is -2.03. The summed E-state index contributed by atoms with van der Waals surface area (Å²) in [6.07, 6.45) is 3.26. The van der Waals surface area contributed by atoms with Gasteiger partial charge in [0.25, 0.3) is 5.91 Å². The van der Waals surface area contributed by atoms with Gasteiger partial charge in [0.05, 0.1) is 17.3 Å². The number of carbonyl (C=O) groups excluding carboxylic acids is 1. The van der Waals surface area contributed by atoms with Crippen molar-refractivity contribution in [3.63, 3.8) is 0 Å². The fourth-order valence-corrected chi connectivity index (χ4v) is 1.71. The smallest absolute Gasteiger partial charge is 0.273 e. The molecule has 1 amide bonds. The molecular formula is C10H12ClN5O. The summed E-state index contributed by atoms with van der Waals surface area (Å²) in [7, 11) is 3.53. The molecule has 17 heavy (non-hydrogen) atoms. The third-order valence-corrected chi connectivity index (χ3v) is 2.63. The molecule has 0 atom stereocenters. The molecule has 2 aromatic rings. The van der Waals surface area contributed by atoms with E-state index in [0.717, 1.165) is 5.69 Å². The van der Waals surface area contributed by atoms with Gasteiger partial charge in [-0.15, -0.1) is 0 Å². The molecule has 7 heteroatoms. The number of nitrogens with one attached hydrogen (secondary N) is 1. The lowest BCUT2D eigenvalue weighted by atomic mass is 10.3. The third kappa shape index (κ3) is 2.47. The van der Waals surface area contributed by atoms with Crippen molar-refractivity contribution >= 4 is 17.5 Å². The van der Waals surface area contributed by atoms with Crippen LogP contribution in [0.25, 0.3) is 0 Å². The predicted molar refractivity (Wildman–Crippen MR) is 62.6 cm³/mol. The SMILES string of the molecule is Cn1cc(Cl)c(C(=O)NCc2ccnn2C)n1. The van der Waals surface area contributed by atoms with Gasteiger partial charge >= 0.3 is 0 Å². The Morgan fingerprint density at radius 1 is 1.53 bits per heavy atom. The Labute approximate surface area is 103 Å². The number of aromatic nitrogens is 4. The van der Waals surface area contributed by atoms with E-state index in [-0.39, 0.29) is 11.6 Å². The second-order valence-corrected chi connectivity index (χ2v) is 4.04. The van der Waals surface area contributed by atoms with Crippen molar-refractivity contribution in [1.82, 2.24) is 24.9 Å². The van der Waals surface area contributed by atoms with Crippen molar-refractivity contribution in [1.29, 1.82) is 0 Å². The lowest BCUT2D eigenvalue weighted by Crippen LogP contribution is -2.24. The van der Waals surface area contributed by atoms with E-state index in [2.05, 4.69) is 15.5 Å². The van der Waals surface area contributed by atoms with Gasteiger partial charge in [-0.1, -0.05) is 11.6 Å². The van der Waals surface area contributed by atoms with Crippen LogP contribution in [0.4, 0.5) is 0 Å². The molecule has 2 heterocycles. The minimum atomic E-state index is -0.295. The van der Waals surface area contributed by atoms with Crippen LogP contribution < -0.4 is 5.32 Å². The fraction of sp³-hybridized carbons (Fsp3) is 0.300. The van der Waals surface area contributed by atoms with E-state index in [1.807, 2.05) is 13.1 Å². The fourth-order valence-electron chi connectivity index (χ4n) is 1.44. The number of rotatable bonds is 3. The molecule has 0 radical (unpaired) electrons. The van der Waals surface area contributed by atoms with Crippen LogP contribution in [-0.4, -0.2) is 25.5 Å². The van der Waals surface area contributed by atoms with E-state index in [1.54, 1.807) is 24.1 Å². The second kappa shape index (κ2) is 4.58. The number of hydrogen-bond acceptors (Lipinski definition) is 3. The lowest BCUT2D eigenvalue weighted by molar-refractivity contribution is 0.0944. The molecule has 0 saturated carbocycles. The highest BCUT2D eigenvalue weighted by atomic mass is 35.5. The average Bonchev–Trinajstić information content (AvgIpc) is 2.81. The Hall–Kier alpha value is -1.82. The Balaban J connectivity index is 2.03. The largest absolute Gasteiger partial charge is 0.345 e. The number of halogens is 1. The number of amides is 1. The first-order valence-electron chi connectivity index (χ1n) is 5.02. The highest BCUT2D eigenvalue weighted by molar-refractivity contribution is 6.33. The minimum Gasteiger partial charge on any atom is -0.345 e. The van der Waals surface area contributed by atoms with Gasteiger partial charge in [-0.05, 0) is 6.07 Å². The van der Waals surface area contributed by atoms with Crippen LogP contribution in [0, 0.1) is 0 Å². The molecule has 0 aliphatic heterocycles. The average molecular weight is 254 g/mol. The van der Waals surface area contributed by atoms with Gasteiger partial charge in [-0.2, -0.15) is 10.2 Å². The van der Waals surface area contributed by atoms with Crippen LogP contribution in [0.3, 0.4) is 0 Å². The topological polar surface area (TPSA) is 64.7 Å². The third-order valence-electron chi connectivity index (χ3n) is 2.35. The van der Waals surface area contributed by atoms with Gasteiger partial charge in [-0.25, -0.2) is 0 Å². The molecule has 0 unspecified atom stereocenters. The molecule has 0 aromatic carbocycles. The second-order valence-electron chi connectivity index (χ2n) is 3.63. The van der Waals surface area contributed by atoms with Gasteiger partial charge in [0, 0.05) is 26.5 Å². The highest BCUT2D eigenvalue weighted by Gasteiger charge is 2.14. The van der Waals surface area contributed by atoms with Crippen LogP contribution in [0.15, 0.2) is 18.5 Å². The molecule has 0 aliphatic rings. The summed E-state index contributed by atoms with van der Waals surface area (Å²) in [5.41, 5.74) is 1.14. The number of carbonyl (C=O) groups is 1. The number of aryl methyl sites for hydroxylation is 2. The van der Waals surface area contributed by atoms with Crippen molar-refractivity contribution < 1.29 is 4.79 Å². The molecule has 0 spiro atoms. The summed E-state index contributed by atoms with van der Waals surface area (Å²) in [5, 5.41) is 11.1. The zero-order valence-electron chi connectivity index (χ0n) is 9.51. The zero-order valence-corrected chi connectivity index (χ0v) is 10.3. The number of hydrogen-bond donors (Lipinski definition) is 1. The van der Waals surface area contributed by atoms with Gasteiger partial charge in [-0.3, -0.25) is 14.2 Å². The van der Waals surface area contributed by atoms with Crippen LogP contribution in [0.5, 0.6) is 0 Å². The van der Waals surface area contributed by atoms with E-state index < -0.39 is 0 Å².